The lowest BCUT2D eigenvalue weighted by Gasteiger charge is -2.30. The average molecular weight is 234 g/mol. The van der Waals surface area contributed by atoms with E-state index in [1.165, 1.54) is 0 Å². The van der Waals surface area contributed by atoms with Crippen molar-refractivity contribution >= 4 is 5.78 Å². The van der Waals surface area contributed by atoms with Gasteiger partial charge in [-0.15, -0.1) is 0 Å². The highest BCUT2D eigenvalue weighted by Crippen LogP contribution is 2.23. The first-order valence-corrected chi connectivity index (χ1v) is 5.38. The van der Waals surface area contributed by atoms with Crippen LogP contribution in [0, 0.1) is 5.41 Å². The molecule has 0 aromatic heterocycles. The molecule has 0 aromatic carbocycles. The molecule has 0 saturated carbocycles. The molecule has 4 atom stereocenters. The molecule has 0 amide bonds. The Morgan fingerprint density at radius 3 is 1.81 bits per heavy atom. The first-order chi connectivity index (χ1) is 7.12. The van der Waals surface area contributed by atoms with Crippen molar-refractivity contribution in [3.05, 3.63) is 0 Å². The van der Waals surface area contributed by atoms with Gasteiger partial charge in [0.2, 0.25) is 0 Å². The van der Waals surface area contributed by atoms with Crippen LogP contribution >= 0.6 is 0 Å². The Bertz CT molecular complexity index is 233. The molecule has 0 aromatic rings. The summed E-state index contributed by atoms with van der Waals surface area (Å²) >= 11 is 0. The highest BCUT2D eigenvalue weighted by molar-refractivity contribution is 5.88. The van der Waals surface area contributed by atoms with Crippen LogP contribution in [0.4, 0.5) is 0 Å². The van der Waals surface area contributed by atoms with Crippen LogP contribution in [-0.2, 0) is 4.79 Å². The Morgan fingerprint density at radius 2 is 1.50 bits per heavy atom. The molecule has 5 heteroatoms. The molecule has 96 valence electrons. The topological polar surface area (TPSA) is 98.0 Å². The van der Waals surface area contributed by atoms with Gasteiger partial charge in [0.05, 0.1) is 12.2 Å². The second-order valence-electron chi connectivity index (χ2n) is 5.08. The van der Waals surface area contributed by atoms with Gasteiger partial charge in [0.15, 0.2) is 5.78 Å². The van der Waals surface area contributed by atoms with Crippen molar-refractivity contribution < 1.29 is 25.2 Å². The number of aliphatic hydroxyl groups is 4. The van der Waals surface area contributed by atoms with Gasteiger partial charge in [-0.2, -0.15) is 0 Å². The van der Waals surface area contributed by atoms with E-state index in [0.717, 1.165) is 0 Å². The number of carbonyl (C=O) groups is 1. The molecule has 16 heavy (non-hydrogen) atoms. The standard InChI is InChI=1S/C11H22O5/c1-5-6(12)7(13)8(14)9(15)10(16)11(2,3)4/h6-7,9-10,12-13,15-16H,5H2,1-4H3/t6-,7-,9-,10?/m1/s1. The van der Waals surface area contributed by atoms with Crippen LogP contribution in [-0.4, -0.2) is 50.6 Å². The number of aliphatic hydroxyl groups excluding tert-OH is 4. The fourth-order valence-electron chi connectivity index (χ4n) is 1.22. The van der Waals surface area contributed by atoms with Crippen LogP contribution < -0.4 is 0 Å². The monoisotopic (exact) mass is 234 g/mol. The zero-order valence-corrected chi connectivity index (χ0v) is 10.2. The van der Waals surface area contributed by atoms with Crippen molar-refractivity contribution in [1.29, 1.82) is 0 Å². The van der Waals surface area contributed by atoms with Gasteiger partial charge in [-0.05, 0) is 11.8 Å². The molecule has 0 aliphatic rings. The minimum Gasteiger partial charge on any atom is -0.390 e. The fourth-order valence-corrected chi connectivity index (χ4v) is 1.22. The summed E-state index contributed by atoms with van der Waals surface area (Å²) in [6.07, 6.45) is -5.63. The van der Waals surface area contributed by atoms with Gasteiger partial charge in [-0.3, -0.25) is 4.79 Å². The minimum atomic E-state index is -1.68. The van der Waals surface area contributed by atoms with Gasteiger partial charge >= 0.3 is 0 Å². The van der Waals surface area contributed by atoms with E-state index in [0.29, 0.717) is 0 Å². The molecule has 0 saturated heterocycles. The van der Waals surface area contributed by atoms with Gasteiger partial charge in [0, 0.05) is 0 Å². The van der Waals surface area contributed by atoms with E-state index in [-0.39, 0.29) is 6.42 Å². The van der Waals surface area contributed by atoms with Gasteiger partial charge in [0.25, 0.3) is 0 Å². The van der Waals surface area contributed by atoms with E-state index in [9.17, 15) is 25.2 Å². The molecule has 1 unspecified atom stereocenters. The molecular formula is C11H22O5. The predicted octanol–water partition coefficient (Wildman–Crippen LogP) is -0.545. The molecule has 0 aliphatic carbocycles. The molecule has 0 spiro atoms. The number of rotatable bonds is 5. The number of carbonyl (C=O) groups excluding carboxylic acids is 1. The lowest BCUT2D eigenvalue weighted by Crippen LogP contribution is -2.49. The largest absolute Gasteiger partial charge is 0.390 e. The normalized spacial score (nSPS) is 20.0. The Morgan fingerprint density at radius 1 is 1.06 bits per heavy atom. The summed E-state index contributed by atoms with van der Waals surface area (Å²) in [5.41, 5.74) is -0.675. The van der Waals surface area contributed by atoms with Crippen LogP contribution in [0.15, 0.2) is 0 Å². The van der Waals surface area contributed by atoms with Crippen LogP contribution in [0.25, 0.3) is 0 Å². The van der Waals surface area contributed by atoms with E-state index < -0.39 is 35.6 Å². The Balaban J connectivity index is 4.62. The third-order valence-corrected chi connectivity index (χ3v) is 2.55. The maximum Gasteiger partial charge on any atom is 0.194 e. The van der Waals surface area contributed by atoms with E-state index in [4.69, 9.17) is 0 Å². The van der Waals surface area contributed by atoms with Crippen molar-refractivity contribution in [2.45, 2.75) is 58.5 Å². The maximum atomic E-state index is 11.5. The van der Waals surface area contributed by atoms with Crippen LogP contribution in [0.2, 0.25) is 0 Å². The molecule has 0 rings (SSSR count). The molecule has 0 radical (unpaired) electrons. The van der Waals surface area contributed by atoms with Crippen LogP contribution in [0.1, 0.15) is 34.1 Å². The van der Waals surface area contributed by atoms with E-state index in [1.54, 1.807) is 27.7 Å². The summed E-state index contributed by atoms with van der Waals surface area (Å²) in [5.74, 6) is -0.947. The summed E-state index contributed by atoms with van der Waals surface area (Å²) in [6, 6.07) is 0. The molecule has 5 nitrogen and oxygen atoms in total. The van der Waals surface area contributed by atoms with Crippen molar-refractivity contribution in [1.82, 2.24) is 0 Å². The first kappa shape index (κ1) is 15.5. The van der Waals surface area contributed by atoms with Gasteiger partial charge in [-0.1, -0.05) is 27.7 Å². The Hall–Kier alpha value is -0.490. The lowest BCUT2D eigenvalue weighted by molar-refractivity contribution is -0.151. The number of hydrogen-bond acceptors (Lipinski definition) is 5. The quantitative estimate of drug-likeness (QED) is 0.512. The Labute approximate surface area is 95.7 Å². The van der Waals surface area contributed by atoms with Crippen LogP contribution in [0.3, 0.4) is 0 Å². The second-order valence-corrected chi connectivity index (χ2v) is 5.08. The third kappa shape index (κ3) is 3.83. The lowest BCUT2D eigenvalue weighted by atomic mass is 9.83. The van der Waals surface area contributed by atoms with Gasteiger partial charge in [0.1, 0.15) is 12.2 Å². The number of hydrogen-bond donors (Lipinski definition) is 4. The molecule has 0 bridgehead atoms. The van der Waals surface area contributed by atoms with Crippen molar-refractivity contribution in [2.24, 2.45) is 5.41 Å². The SMILES string of the molecule is CC[C@@H](O)[C@@H](O)C(=O)[C@@H](O)C(O)C(C)(C)C. The summed E-state index contributed by atoms with van der Waals surface area (Å²) in [6.45, 7) is 6.60. The van der Waals surface area contributed by atoms with Gasteiger partial charge < -0.3 is 20.4 Å². The van der Waals surface area contributed by atoms with Crippen molar-refractivity contribution in [3.8, 4) is 0 Å². The van der Waals surface area contributed by atoms with E-state index >= 15 is 0 Å². The molecule has 4 N–H and O–H groups in total. The number of Topliss-reactive ketones (excluding diaryl/α,β-unsaturated/α-hetero) is 1. The molecule has 0 heterocycles. The second kappa shape index (κ2) is 5.72. The maximum absolute atomic E-state index is 11.5. The molecular weight excluding hydrogens is 212 g/mol. The third-order valence-electron chi connectivity index (χ3n) is 2.55. The summed E-state index contributed by atoms with van der Waals surface area (Å²) in [7, 11) is 0. The molecule has 0 aliphatic heterocycles. The van der Waals surface area contributed by atoms with E-state index in [1.807, 2.05) is 0 Å². The van der Waals surface area contributed by atoms with Crippen LogP contribution in [0.5, 0.6) is 0 Å². The van der Waals surface area contributed by atoms with Crippen molar-refractivity contribution in [2.75, 3.05) is 0 Å². The van der Waals surface area contributed by atoms with Crippen molar-refractivity contribution in [3.63, 3.8) is 0 Å². The smallest absolute Gasteiger partial charge is 0.194 e. The summed E-state index contributed by atoms with van der Waals surface area (Å²) in [4.78, 5) is 11.5. The van der Waals surface area contributed by atoms with Gasteiger partial charge in [-0.25, -0.2) is 0 Å². The molecule has 0 fully saturated rings. The zero-order chi connectivity index (χ0) is 13.1. The highest BCUT2D eigenvalue weighted by Gasteiger charge is 2.38. The number of ketones is 1. The zero-order valence-electron chi connectivity index (χ0n) is 10.2. The fraction of sp³-hybridized carbons (Fsp3) is 0.909. The average Bonchev–Trinajstić information content (AvgIpc) is 2.22. The predicted molar refractivity (Wildman–Crippen MR) is 58.8 cm³/mol. The Kier molecular flexibility index (Phi) is 5.55. The minimum absolute atomic E-state index is 0.200. The highest BCUT2D eigenvalue weighted by atomic mass is 16.4. The first-order valence-electron chi connectivity index (χ1n) is 5.38. The summed E-state index contributed by atoms with van der Waals surface area (Å²) < 4.78 is 0. The van der Waals surface area contributed by atoms with E-state index in [2.05, 4.69) is 0 Å². The summed E-state index contributed by atoms with van der Waals surface area (Å²) in [5, 5.41) is 37.9.